The van der Waals surface area contributed by atoms with Crippen molar-refractivity contribution in [1.29, 1.82) is 0 Å². The average molecular weight is 406 g/mol. The maximum atomic E-state index is 12.3. The zero-order chi connectivity index (χ0) is 16.9. The van der Waals surface area contributed by atoms with Crippen LogP contribution in [0, 0.1) is 0 Å². The van der Waals surface area contributed by atoms with E-state index in [1.807, 2.05) is 42.5 Å². The average Bonchev–Trinajstić information content (AvgIpc) is 3.01. The predicted octanol–water partition coefficient (Wildman–Crippen LogP) is 3.31. The van der Waals surface area contributed by atoms with Crippen molar-refractivity contribution in [2.45, 2.75) is 25.9 Å². The molecule has 3 rings (SSSR count). The Morgan fingerprint density at radius 2 is 2.00 bits per heavy atom. The fourth-order valence-electron chi connectivity index (χ4n) is 2.36. The summed E-state index contributed by atoms with van der Waals surface area (Å²) in [5.41, 5.74) is 1.39. The second-order valence-electron chi connectivity index (χ2n) is 5.37. The molecule has 24 heavy (non-hydrogen) atoms. The van der Waals surface area contributed by atoms with Gasteiger partial charge in [0.1, 0.15) is 5.71 Å². The largest absolute Gasteiger partial charge is 0.346 e. The van der Waals surface area contributed by atoms with Crippen LogP contribution in [-0.2, 0) is 22.7 Å². The molecule has 1 aromatic heterocycles. The Labute approximate surface area is 152 Å². The van der Waals surface area contributed by atoms with Gasteiger partial charge in [0.15, 0.2) is 0 Å². The van der Waals surface area contributed by atoms with E-state index in [1.165, 1.54) is 5.01 Å². The molecule has 1 aliphatic rings. The van der Waals surface area contributed by atoms with E-state index in [0.29, 0.717) is 31.6 Å². The van der Waals surface area contributed by atoms with Gasteiger partial charge in [0.2, 0.25) is 5.91 Å². The summed E-state index contributed by atoms with van der Waals surface area (Å²) in [6.07, 6.45) is 0.688. The number of rotatable bonds is 5. The van der Waals surface area contributed by atoms with E-state index in [2.05, 4.69) is 26.3 Å². The third-order valence-electron chi connectivity index (χ3n) is 3.59. The van der Waals surface area contributed by atoms with Gasteiger partial charge in [-0.25, -0.2) is 5.01 Å². The molecule has 2 heterocycles. The molecule has 2 amide bonds. The molecule has 1 aromatic carbocycles. The lowest BCUT2D eigenvalue weighted by Crippen LogP contribution is -2.38. The topological polar surface area (TPSA) is 61.8 Å². The summed E-state index contributed by atoms with van der Waals surface area (Å²) in [6.45, 7) is 0.842. The van der Waals surface area contributed by atoms with Crippen molar-refractivity contribution in [3.8, 4) is 0 Å². The molecule has 0 radical (unpaired) electrons. The number of benzene rings is 1. The van der Waals surface area contributed by atoms with Crippen LogP contribution in [0.3, 0.4) is 0 Å². The number of nitrogens with one attached hydrogen (secondary N) is 1. The lowest BCUT2D eigenvalue weighted by Gasteiger charge is -2.23. The third-order valence-corrected chi connectivity index (χ3v) is 5.22. The summed E-state index contributed by atoms with van der Waals surface area (Å²) in [5.74, 6) is -0.275. The molecule has 0 atom stereocenters. The van der Waals surface area contributed by atoms with Crippen LogP contribution in [0.4, 0.5) is 0 Å². The molecule has 124 valence electrons. The van der Waals surface area contributed by atoms with Crippen molar-refractivity contribution >= 4 is 44.8 Å². The molecule has 1 aliphatic heterocycles. The van der Waals surface area contributed by atoms with Crippen molar-refractivity contribution in [3.63, 3.8) is 0 Å². The van der Waals surface area contributed by atoms with Gasteiger partial charge >= 0.3 is 0 Å². The van der Waals surface area contributed by atoms with Crippen LogP contribution in [0.1, 0.15) is 23.3 Å². The highest BCUT2D eigenvalue weighted by molar-refractivity contribution is 9.11. The van der Waals surface area contributed by atoms with E-state index < -0.39 is 0 Å². The fraction of sp³-hybridized carbons (Fsp3) is 0.235. The van der Waals surface area contributed by atoms with Crippen LogP contribution in [-0.4, -0.2) is 22.5 Å². The predicted molar refractivity (Wildman–Crippen MR) is 97.5 cm³/mol. The molecule has 0 saturated carbocycles. The smallest absolute Gasteiger partial charge is 0.267 e. The maximum absolute atomic E-state index is 12.3. The first-order valence-electron chi connectivity index (χ1n) is 7.56. The lowest BCUT2D eigenvalue weighted by molar-refractivity contribution is -0.132. The van der Waals surface area contributed by atoms with Gasteiger partial charge in [-0.1, -0.05) is 30.3 Å². The van der Waals surface area contributed by atoms with Crippen LogP contribution in [0.25, 0.3) is 0 Å². The Morgan fingerprint density at radius 3 is 2.71 bits per heavy atom. The molecule has 0 unspecified atom stereocenters. The molecule has 1 N–H and O–H groups in total. The minimum Gasteiger partial charge on any atom is -0.346 e. The Hall–Kier alpha value is -1.99. The van der Waals surface area contributed by atoms with Gasteiger partial charge in [0.25, 0.3) is 5.91 Å². The molecular formula is C17H16BrN3O2S. The Balaban J connectivity index is 1.64. The zero-order valence-corrected chi connectivity index (χ0v) is 15.3. The molecule has 0 bridgehead atoms. The second kappa shape index (κ2) is 7.72. The number of thiophene rings is 1. The first kappa shape index (κ1) is 16.9. The number of halogens is 1. The monoisotopic (exact) mass is 405 g/mol. The Morgan fingerprint density at radius 1 is 1.21 bits per heavy atom. The number of carbonyl (C=O) groups excluding carboxylic acids is 2. The van der Waals surface area contributed by atoms with Crippen molar-refractivity contribution in [3.05, 3.63) is 56.7 Å². The second-order valence-corrected chi connectivity index (χ2v) is 7.92. The quantitative estimate of drug-likeness (QED) is 0.828. The number of hydrazone groups is 1. The molecule has 7 heteroatoms. The van der Waals surface area contributed by atoms with E-state index in [1.54, 1.807) is 11.3 Å². The van der Waals surface area contributed by atoms with Crippen molar-refractivity contribution < 1.29 is 9.59 Å². The normalized spacial score (nSPS) is 14.5. The third kappa shape index (κ3) is 4.30. The Bertz CT molecular complexity index is 773. The van der Waals surface area contributed by atoms with E-state index in [9.17, 15) is 9.59 Å². The number of nitrogens with zero attached hydrogens (tertiary/aromatic N) is 2. The van der Waals surface area contributed by atoms with Crippen LogP contribution < -0.4 is 5.32 Å². The van der Waals surface area contributed by atoms with Crippen LogP contribution in [0.5, 0.6) is 0 Å². The van der Waals surface area contributed by atoms with Crippen LogP contribution in [0.15, 0.2) is 51.4 Å². The minimum atomic E-state index is -0.218. The summed E-state index contributed by atoms with van der Waals surface area (Å²) in [6, 6.07) is 13.5. The summed E-state index contributed by atoms with van der Waals surface area (Å²) in [4.78, 5) is 25.4. The first-order valence-corrected chi connectivity index (χ1v) is 9.17. The van der Waals surface area contributed by atoms with Gasteiger partial charge in [-0.05, 0) is 33.6 Å². The zero-order valence-electron chi connectivity index (χ0n) is 12.9. The highest BCUT2D eigenvalue weighted by Gasteiger charge is 2.24. The number of carbonyl (C=O) groups is 2. The molecule has 5 nitrogen and oxygen atoms in total. The van der Waals surface area contributed by atoms with Gasteiger partial charge < -0.3 is 5.32 Å². The van der Waals surface area contributed by atoms with E-state index in [4.69, 9.17) is 0 Å². The standard InChI is InChI=1S/C17H16BrN3O2S/c18-15-8-6-13(24-15)10-19-17(23)14-7-9-16(22)21(20-14)11-12-4-2-1-3-5-12/h1-6,8H,7,9-11H2,(H,19,23). The van der Waals surface area contributed by atoms with Gasteiger partial charge in [-0.2, -0.15) is 5.10 Å². The number of hydrogen-bond acceptors (Lipinski definition) is 4. The molecule has 0 spiro atoms. The van der Waals surface area contributed by atoms with E-state index in [0.717, 1.165) is 14.2 Å². The minimum absolute atomic E-state index is 0.0578. The molecule has 0 aliphatic carbocycles. The van der Waals surface area contributed by atoms with Gasteiger partial charge in [0, 0.05) is 17.7 Å². The maximum Gasteiger partial charge on any atom is 0.267 e. The summed E-state index contributed by atoms with van der Waals surface area (Å²) < 4.78 is 1.03. The van der Waals surface area contributed by atoms with E-state index in [-0.39, 0.29) is 11.8 Å². The Kier molecular flexibility index (Phi) is 5.42. The summed E-state index contributed by atoms with van der Waals surface area (Å²) in [5, 5.41) is 8.51. The molecule has 2 aromatic rings. The fourth-order valence-corrected chi connectivity index (χ4v) is 3.78. The molecule has 0 fully saturated rings. The van der Waals surface area contributed by atoms with Gasteiger partial charge in [-0.3, -0.25) is 9.59 Å². The van der Waals surface area contributed by atoms with Crippen molar-refractivity contribution in [1.82, 2.24) is 10.3 Å². The molecular weight excluding hydrogens is 390 g/mol. The lowest BCUT2D eigenvalue weighted by atomic mass is 10.1. The van der Waals surface area contributed by atoms with Crippen LogP contribution in [0.2, 0.25) is 0 Å². The number of amides is 2. The number of hydrogen-bond donors (Lipinski definition) is 1. The van der Waals surface area contributed by atoms with Gasteiger partial charge in [-0.15, -0.1) is 11.3 Å². The van der Waals surface area contributed by atoms with Crippen molar-refractivity contribution in [2.24, 2.45) is 5.10 Å². The summed E-state index contributed by atoms with van der Waals surface area (Å²) in [7, 11) is 0. The van der Waals surface area contributed by atoms with Gasteiger partial charge in [0.05, 0.1) is 16.9 Å². The van der Waals surface area contributed by atoms with Crippen molar-refractivity contribution in [2.75, 3.05) is 0 Å². The highest BCUT2D eigenvalue weighted by atomic mass is 79.9. The SMILES string of the molecule is O=C(NCc1ccc(Br)s1)C1=NN(Cc2ccccc2)C(=O)CC1. The molecule has 0 saturated heterocycles. The van der Waals surface area contributed by atoms with E-state index >= 15 is 0 Å². The van der Waals surface area contributed by atoms with Crippen LogP contribution >= 0.6 is 27.3 Å². The summed E-state index contributed by atoms with van der Waals surface area (Å²) >= 11 is 4.98. The highest BCUT2D eigenvalue weighted by Crippen LogP contribution is 2.21. The first-order chi connectivity index (χ1) is 11.6.